The molecule has 1 saturated heterocycles. The third-order valence-electron chi connectivity index (χ3n) is 5.55. The van der Waals surface area contributed by atoms with Crippen molar-refractivity contribution in [2.45, 2.75) is 19.9 Å². The van der Waals surface area contributed by atoms with E-state index in [2.05, 4.69) is 47.1 Å². The van der Waals surface area contributed by atoms with Gasteiger partial charge in [0.15, 0.2) is 5.76 Å². The van der Waals surface area contributed by atoms with Crippen molar-refractivity contribution in [3.8, 4) is 0 Å². The summed E-state index contributed by atoms with van der Waals surface area (Å²) in [4.78, 5) is 23.4. The highest BCUT2D eigenvalue weighted by Crippen LogP contribution is 2.42. The van der Waals surface area contributed by atoms with E-state index in [0.717, 1.165) is 42.4 Å². The predicted octanol–water partition coefficient (Wildman–Crippen LogP) is 3.94. The fourth-order valence-corrected chi connectivity index (χ4v) is 4.86. The lowest BCUT2D eigenvalue weighted by Crippen LogP contribution is -2.46. The number of amides is 1. The highest BCUT2D eigenvalue weighted by Gasteiger charge is 2.32. The molecule has 1 fully saturated rings. The molecule has 6 nitrogen and oxygen atoms in total. The molecule has 0 saturated carbocycles. The van der Waals surface area contributed by atoms with Crippen molar-refractivity contribution >= 4 is 22.2 Å². The Morgan fingerprint density at radius 2 is 1.97 bits per heavy atom. The molecular weight excluding hydrogens is 384 g/mol. The number of pyridine rings is 1. The predicted molar refractivity (Wildman–Crippen MR) is 116 cm³/mol. The highest BCUT2D eigenvalue weighted by atomic mass is 32.1. The first-order valence-corrected chi connectivity index (χ1v) is 10.6. The van der Waals surface area contributed by atoms with E-state index in [4.69, 9.17) is 4.42 Å². The Bertz CT molecular complexity index is 960. The minimum atomic E-state index is -0.226. The second kappa shape index (κ2) is 8.49. The van der Waals surface area contributed by atoms with E-state index in [1.54, 1.807) is 23.5 Å². The number of carbonyl (C=O) groups excluding carboxylic acids is 1. The SMILES string of the molecule is Cc1sc(NC(=O)c2ccco2)c(C(c2ccccn2)N2CCN(C)CC2)c1C. The largest absolute Gasteiger partial charge is 0.459 e. The van der Waals surface area contributed by atoms with E-state index in [-0.39, 0.29) is 11.9 Å². The number of nitrogens with zero attached hydrogens (tertiary/aromatic N) is 3. The fraction of sp³-hybridized carbons (Fsp3) is 0.364. The number of thiophene rings is 1. The van der Waals surface area contributed by atoms with Gasteiger partial charge in [-0.1, -0.05) is 6.07 Å². The third kappa shape index (κ3) is 4.12. The number of piperazine rings is 1. The number of carbonyl (C=O) groups is 1. The summed E-state index contributed by atoms with van der Waals surface area (Å²) in [6, 6.07) is 9.45. The summed E-state index contributed by atoms with van der Waals surface area (Å²) in [5, 5.41) is 3.96. The minimum absolute atomic E-state index is 0.00162. The van der Waals surface area contributed by atoms with E-state index in [1.807, 2.05) is 18.3 Å². The van der Waals surface area contributed by atoms with Crippen LogP contribution in [0.15, 0.2) is 47.2 Å². The van der Waals surface area contributed by atoms with Crippen molar-refractivity contribution in [3.63, 3.8) is 0 Å². The molecule has 1 N–H and O–H groups in total. The van der Waals surface area contributed by atoms with Crippen LogP contribution >= 0.6 is 11.3 Å². The van der Waals surface area contributed by atoms with E-state index in [9.17, 15) is 4.79 Å². The lowest BCUT2D eigenvalue weighted by molar-refractivity contribution is 0.0996. The van der Waals surface area contributed by atoms with Gasteiger partial charge in [-0.3, -0.25) is 14.7 Å². The Labute approximate surface area is 175 Å². The van der Waals surface area contributed by atoms with Crippen molar-refractivity contribution in [1.82, 2.24) is 14.8 Å². The summed E-state index contributed by atoms with van der Waals surface area (Å²) in [7, 11) is 2.15. The van der Waals surface area contributed by atoms with Crippen LogP contribution in [-0.2, 0) is 0 Å². The molecule has 152 valence electrons. The van der Waals surface area contributed by atoms with Crippen LogP contribution in [0.5, 0.6) is 0 Å². The van der Waals surface area contributed by atoms with Crippen molar-refractivity contribution in [2.75, 3.05) is 38.5 Å². The summed E-state index contributed by atoms with van der Waals surface area (Å²) in [5.41, 5.74) is 3.35. The van der Waals surface area contributed by atoms with Gasteiger partial charge in [-0.25, -0.2) is 0 Å². The molecule has 1 aliphatic heterocycles. The lowest BCUT2D eigenvalue weighted by Gasteiger charge is -2.38. The Morgan fingerprint density at radius 1 is 1.17 bits per heavy atom. The number of hydrogen-bond donors (Lipinski definition) is 1. The lowest BCUT2D eigenvalue weighted by atomic mass is 9.97. The number of nitrogens with one attached hydrogen (secondary N) is 1. The van der Waals surface area contributed by atoms with Crippen molar-refractivity contribution in [3.05, 3.63) is 70.3 Å². The molecule has 1 amide bonds. The number of likely N-dealkylation sites (N-methyl/N-ethyl adjacent to an activating group) is 1. The molecule has 1 aliphatic rings. The molecule has 29 heavy (non-hydrogen) atoms. The molecule has 0 radical (unpaired) electrons. The monoisotopic (exact) mass is 410 g/mol. The zero-order chi connectivity index (χ0) is 20.4. The maximum atomic E-state index is 12.7. The van der Waals surface area contributed by atoms with Gasteiger partial charge in [0, 0.05) is 42.8 Å². The molecule has 1 atom stereocenters. The van der Waals surface area contributed by atoms with Crippen LogP contribution in [0.25, 0.3) is 0 Å². The normalized spacial score (nSPS) is 16.7. The zero-order valence-corrected chi connectivity index (χ0v) is 17.8. The van der Waals surface area contributed by atoms with Crippen molar-refractivity contribution in [1.29, 1.82) is 0 Å². The first-order chi connectivity index (χ1) is 14.0. The second-order valence-corrected chi connectivity index (χ2v) is 8.68. The molecule has 0 spiro atoms. The molecule has 4 rings (SSSR count). The number of hydrogen-bond acceptors (Lipinski definition) is 6. The molecule has 0 bridgehead atoms. The molecular formula is C22H26N4O2S. The molecule has 3 aromatic heterocycles. The molecule has 0 aromatic carbocycles. The average molecular weight is 411 g/mol. The number of aromatic nitrogens is 1. The van der Waals surface area contributed by atoms with Crippen LogP contribution in [0, 0.1) is 13.8 Å². The molecule has 3 aromatic rings. The summed E-state index contributed by atoms with van der Waals surface area (Å²) in [5.74, 6) is 0.0873. The van der Waals surface area contributed by atoms with E-state index in [1.165, 1.54) is 16.7 Å². The van der Waals surface area contributed by atoms with E-state index in [0.29, 0.717) is 5.76 Å². The zero-order valence-electron chi connectivity index (χ0n) is 17.0. The fourth-order valence-electron chi connectivity index (χ4n) is 3.77. The van der Waals surface area contributed by atoms with Gasteiger partial charge in [-0.2, -0.15) is 0 Å². The first-order valence-electron chi connectivity index (χ1n) is 9.83. The molecule has 7 heteroatoms. The summed E-state index contributed by atoms with van der Waals surface area (Å²) < 4.78 is 5.28. The van der Waals surface area contributed by atoms with Crippen LogP contribution in [0.1, 0.15) is 38.3 Å². The van der Waals surface area contributed by atoms with Crippen LogP contribution in [0.3, 0.4) is 0 Å². The molecule has 1 unspecified atom stereocenters. The van der Waals surface area contributed by atoms with Crippen molar-refractivity contribution in [2.24, 2.45) is 0 Å². The highest BCUT2D eigenvalue weighted by molar-refractivity contribution is 7.16. The Hall–Kier alpha value is -2.48. The molecule has 0 aliphatic carbocycles. The maximum Gasteiger partial charge on any atom is 0.291 e. The van der Waals surface area contributed by atoms with Gasteiger partial charge in [-0.05, 0) is 50.7 Å². The number of aryl methyl sites for hydroxylation is 1. The first kappa shape index (κ1) is 19.8. The van der Waals surface area contributed by atoms with Gasteiger partial charge in [0.25, 0.3) is 5.91 Å². The number of rotatable bonds is 5. The van der Waals surface area contributed by atoms with E-state index < -0.39 is 0 Å². The van der Waals surface area contributed by atoms with Crippen LogP contribution in [0.4, 0.5) is 5.00 Å². The van der Waals surface area contributed by atoms with E-state index >= 15 is 0 Å². The average Bonchev–Trinajstić information content (AvgIpc) is 3.35. The van der Waals surface area contributed by atoms with Crippen LogP contribution in [0.2, 0.25) is 0 Å². The molecule has 4 heterocycles. The maximum absolute atomic E-state index is 12.7. The third-order valence-corrected chi connectivity index (χ3v) is 6.69. The number of furan rings is 1. The number of anilines is 1. The standard InChI is InChI=1S/C22H26N4O2S/c1-15-16(2)29-22(24-21(27)18-8-6-14-28-18)19(15)20(17-7-4-5-9-23-17)26-12-10-25(3)11-13-26/h4-9,14,20H,10-13H2,1-3H3,(H,24,27). The smallest absolute Gasteiger partial charge is 0.291 e. The van der Waals surface area contributed by atoms with Gasteiger partial charge < -0.3 is 14.6 Å². The Kier molecular flexibility index (Phi) is 5.80. The summed E-state index contributed by atoms with van der Waals surface area (Å²) in [6.45, 7) is 8.18. The minimum Gasteiger partial charge on any atom is -0.459 e. The summed E-state index contributed by atoms with van der Waals surface area (Å²) >= 11 is 1.62. The quantitative estimate of drug-likeness (QED) is 0.690. The van der Waals surface area contributed by atoms with Gasteiger partial charge in [0.05, 0.1) is 18.0 Å². The van der Waals surface area contributed by atoms with Gasteiger partial charge in [0.2, 0.25) is 0 Å². The topological polar surface area (TPSA) is 61.6 Å². The van der Waals surface area contributed by atoms with Crippen LogP contribution < -0.4 is 5.32 Å². The Balaban J connectivity index is 1.75. The van der Waals surface area contributed by atoms with Crippen molar-refractivity contribution < 1.29 is 9.21 Å². The second-order valence-electron chi connectivity index (χ2n) is 7.45. The Morgan fingerprint density at radius 3 is 2.62 bits per heavy atom. The van der Waals surface area contributed by atoms with Gasteiger partial charge in [0.1, 0.15) is 5.00 Å². The van der Waals surface area contributed by atoms with Crippen LogP contribution in [-0.4, -0.2) is 53.9 Å². The summed E-state index contributed by atoms with van der Waals surface area (Å²) in [6.07, 6.45) is 3.36. The van der Waals surface area contributed by atoms with Gasteiger partial charge >= 0.3 is 0 Å². The van der Waals surface area contributed by atoms with Gasteiger partial charge in [-0.15, -0.1) is 11.3 Å².